The lowest BCUT2D eigenvalue weighted by Gasteiger charge is -2.19. The Bertz CT molecular complexity index is 393. The van der Waals surface area contributed by atoms with Crippen LogP contribution in [0, 0.1) is 5.82 Å². The molecule has 0 saturated carbocycles. The van der Waals surface area contributed by atoms with Crippen LogP contribution < -0.4 is 0 Å². The molecule has 2 N–H and O–H groups in total. The van der Waals surface area contributed by atoms with Gasteiger partial charge in [-0.1, -0.05) is 0 Å². The Kier molecular flexibility index (Phi) is 3.84. The SMILES string of the molecule is CC(O)CN(C)C(=O)c1cc(F)ccc1O. The van der Waals surface area contributed by atoms with Crippen LogP contribution in [0.15, 0.2) is 18.2 Å². The summed E-state index contributed by atoms with van der Waals surface area (Å²) in [5.74, 6) is -1.40. The van der Waals surface area contributed by atoms with Crippen LogP contribution in [-0.4, -0.2) is 40.7 Å². The molecule has 1 rings (SSSR count). The molecule has 0 bridgehead atoms. The van der Waals surface area contributed by atoms with Gasteiger partial charge in [0, 0.05) is 13.6 Å². The van der Waals surface area contributed by atoms with E-state index >= 15 is 0 Å². The van der Waals surface area contributed by atoms with Crippen molar-refractivity contribution in [1.82, 2.24) is 4.90 Å². The van der Waals surface area contributed by atoms with Gasteiger partial charge in [0.1, 0.15) is 11.6 Å². The van der Waals surface area contributed by atoms with Crippen LogP contribution in [0.25, 0.3) is 0 Å². The van der Waals surface area contributed by atoms with Gasteiger partial charge in [0.2, 0.25) is 0 Å². The highest BCUT2D eigenvalue weighted by molar-refractivity contribution is 5.96. The van der Waals surface area contributed by atoms with E-state index in [9.17, 15) is 14.3 Å². The smallest absolute Gasteiger partial charge is 0.257 e. The maximum absolute atomic E-state index is 12.9. The average Bonchev–Trinajstić information content (AvgIpc) is 2.19. The summed E-state index contributed by atoms with van der Waals surface area (Å²) in [7, 11) is 1.47. The first-order chi connectivity index (χ1) is 7.41. The highest BCUT2D eigenvalue weighted by Gasteiger charge is 2.17. The van der Waals surface area contributed by atoms with Crippen LogP contribution in [0.5, 0.6) is 5.75 Å². The molecule has 0 radical (unpaired) electrons. The number of rotatable bonds is 3. The van der Waals surface area contributed by atoms with Gasteiger partial charge in [-0.25, -0.2) is 4.39 Å². The van der Waals surface area contributed by atoms with E-state index in [1.54, 1.807) is 0 Å². The maximum atomic E-state index is 12.9. The first-order valence-corrected chi connectivity index (χ1v) is 4.84. The second-order valence-electron chi connectivity index (χ2n) is 3.70. The summed E-state index contributed by atoms with van der Waals surface area (Å²) in [6.07, 6.45) is -0.676. The number of phenols is 1. The molecular formula is C11H14FNO3. The standard InChI is InChI=1S/C11H14FNO3/c1-7(14)6-13(2)11(16)9-5-8(12)3-4-10(9)15/h3-5,7,14-15H,6H2,1-2H3. The van der Waals surface area contributed by atoms with Crippen LogP contribution in [0.2, 0.25) is 0 Å². The summed E-state index contributed by atoms with van der Waals surface area (Å²) in [6, 6.07) is 3.16. The van der Waals surface area contributed by atoms with E-state index in [0.29, 0.717) is 0 Å². The molecule has 0 saturated heterocycles. The zero-order valence-electron chi connectivity index (χ0n) is 9.14. The van der Waals surface area contributed by atoms with Crippen molar-refractivity contribution in [3.63, 3.8) is 0 Å². The molecule has 0 spiro atoms. The number of aliphatic hydroxyl groups excluding tert-OH is 1. The summed E-state index contributed by atoms with van der Waals surface area (Å²) >= 11 is 0. The Morgan fingerprint density at radius 3 is 2.75 bits per heavy atom. The van der Waals surface area contributed by atoms with Gasteiger partial charge in [-0.15, -0.1) is 0 Å². The molecule has 0 aliphatic heterocycles. The summed E-state index contributed by atoms with van der Waals surface area (Å²) in [4.78, 5) is 13.0. The van der Waals surface area contributed by atoms with Gasteiger partial charge < -0.3 is 15.1 Å². The molecule has 1 unspecified atom stereocenters. The molecule has 1 amide bonds. The molecule has 1 atom stereocenters. The van der Waals surface area contributed by atoms with Gasteiger partial charge in [-0.3, -0.25) is 4.79 Å². The molecule has 0 aliphatic rings. The highest BCUT2D eigenvalue weighted by Crippen LogP contribution is 2.19. The lowest BCUT2D eigenvalue weighted by molar-refractivity contribution is 0.0700. The number of hydrogen-bond donors (Lipinski definition) is 2. The second kappa shape index (κ2) is 4.94. The quantitative estimate of drug-likeness (QED) is 0.809. The molecular weight excluding hydrogens is 213 g/mol. The van der Waals surface area contributed by atoms with Gasteiger partial charge in [0.05, 0.1) is 11.7 Å². The third-order valence-electron chi connectivity index (χ3n) is 2.07. The number of nitrogens with zero attached hydrogens (tertiary/aromatic N) is 1. The normalized spacial score (nSPS) is 12.2. The largest absolute Gasteiger partial charge is 0.507 e. The molecule has 88 valence electrons. The van der Waals surface area contributed by atoms with Gasteiger partial charge in [0.15, 0.2) is 0 Å². The van der Waals surface area contributed by atoms with Crippen molar-refractivity contribution in [2.24, 2.45) is 0 Å². The average molecular weight is 227 g/mol. The minimum atomic E-state index is -0.676. The maximum Gasteiger partial charge on any atom is 0.257 e. The van der Waals surface area contributed by atoms with E-state index in [1.165, 1.54) is 18.9 Å². The van der Waals surface area contributed by atoms with Crippen LogP contribution >= 0.6 is 0 Å². The number of amides is 1. The number of hydrogen-bond acceptors (Lipinski definition) is 3. The number of phenolic OH excluding ortho intramolecular Hbond substituents is 1. The fourth-order valence-corrected chi connectivity index (χ4v) is 1.36. The lowest BCUT2D eigenvalue weighted by Crippen LogP contribution is -2.33. The van der Waals surface area contributed by atoms with Crippen LogP contribution in [0.3, 0.4) is 0 Å². The third kappa shape index (κ3) is 2.93. The molecule has 5 heteroatoms. The Balaban J connectivity index is 2.91. The fraction of sp³-hybridized carbons (Fsp3) is 0.364. The summed E-state index contributed by atoms with van der Waals surface area (Å²) in [5.41, 5.74) is -0.108. The van der Waals surface area contributed by atoms with E-state index in [-0.39, 0.29) is 17.9 Å². The topological polar surface area (TPSA) is 60.8 Å². The minimum Gasteiger partial charge on any atom is -0.507 e. The monoisotopic (exact) mass is 227 g/mol. The molecule has 1 aromatic carbocycles. The van der Waals surface area contributed by atoms with Gasteiger partial charge in [0.25, 0.3) is 5.91 Å². The second-order valence-corrected chi connectivity index (χ2v) is 3.70. The number of likely N-dealkylation sites (N-methyl/N-ethyl adjacent to an activating group) is 1. The van der Waals surface area contributed by atoms with Crippen LogP contribution in [0.4, 0.5) is 4.39 Å². The molecule has 0 aliphatic carbocycles. The molecule has 1 aromatic rings. The number of aliphatic hydroxyl groups is 1. The van der Waals surface area contributed by atoms with E-state index in [0.717, 1.165) is 18.2 Å². The summed E-state index contributed by atoms with van der Waals surface area (Å²) in [5, 5.41) is 18.5. The number of carbonyl (C=O) groups excluding carboxylic acids is 1. The zero-order valence-corrected chi connectivity index (χ0v) is 9.14. The van der Waals surface area contributed by atoms with E-state index in [2.05, 4.69) is 0 Å². The van der Waals surface area contributed by atoms with E-state index in [1.807, 2.05) is 0 Å². The first kappa shape index (κ1) is 12.4. The fourth-order valence-electron chi connectivity index (χ4n) is 1.36. The Hall–Kier alpha value is -1.62. The van der Waals surface area contributed by atoms with Crippen LogP contribution in [-0.2, 0) is 0 Å². The number of halogens is 1. The van der Waals surface area contributed by atoms with Crippen LogP contribution in [0.1, 0.15) is 17.3 Å². The van der Waals surface area contributed by atoms with E-state index < -0.39 is 17.8 Å². The van der Waals surface area contributed by atoms with Crippen molar-refractivity contribution < 1.29 is 19.4 Å². The summed E-state index contributed by atoms with van der Waals surface area (Å²) in [6.45, 7) is 1.66. The number of aromatic hydroxyl groups is 1. The predicted molar refractivity (Wildman–Crippen MR) is 56.7 cm³/mol. The number of carbonyl (C=O) groups is 1. The highest BCUT2D eigenvalue weighted by atomic mass is 19.1. The van der Waals surface area contributed by atoms with Crippen molar-refractivity contribution in [3.8, 4) is 5.75 Å². The first-order valence-electron chi connectivity index (χ1n) is 4.84. The van der Waals surface area contributed by atoms with Crippen molar-refractivity contribution in [2.45, 2.75) is 13.0 Å². The van der Waals surface area contributed by atoms with Crippen molar-refractivity contribution in [2.75, 3.05) is 13.6 Å². The molecule has 4 nitrogen and oxygen atoms in total. The Morgan fingerprint density at radius 2 is 2.19 bits per heavy atom. The zero-order chi connectivity index (χ0) is 12.3. The molecule has 16 heavy (non-hydrogen) atoms. The summed E-state index contributed by atoms with van der Waals surface area (Å²) < 4.78 is 12.9. The number of benzene rings is 1. The predicted octanol–water partition coefficient (Wildman–Crippen LogP) is 0.984. The van der Waals surface area contributed by atoms with E-state index in [4.69, 9.17) is 5.11 Å². The Morgan fingerprint density at radius 1 is 1.56 bits per heavy atom. The van der Waals surface area contributed by atoms with Crippen molar-refractivity contribution >= 4 is 5.91 Å². The third-order valence-corrected chi connectivity index (χ3v) is 2.07. The lowest BCUT2D eigenvalue weighted by atomic mass is 10.1. The van der Waals surface area contributed by atoms with Crippen molar-refractivity contribution in [3.05, 3.63) is 29.6 Å². The molecule has 0 fully saturated rings. The van der Waals surface area contributed by atoms with Gasteiger partial charge in [-0.05, 0) is 25.1 Å². The molecule has 0 heterocycles. The Labute approximate surface area is 92.9 Å². The van der Waals surface area contributed by atoms with Gasteiger partial charge >= 0.3 is 0 Å². The van der Waals surface area contributed by atoms with Gasteiger partial charge in [-0.2, -0.15) is 0 Å². The molecule has 0 aromatic heterocycles. The van der Waals surface area contributed by atoms with Crippen molar-refractivity contribution in [1.29, 1.82) is 0 Å². The minimum absolute atomic E-state index is 0.108.